The van der Waals surface area contributed by atoms with Crippen LogP contribution in [0.3, 0.4) is 0 Å². The van der Waals surface area contributed by atoms with Gasteiger partial charge in [-0.25, -0.2) is 8.78 Å². The highest BCUT2D eigenvalue weighted by atomic mass is 19.1. The molecule has 112 valence electrons. The molecule has 3 heteroatoms. The minimum absolute atomic E-state index is 0.279. The van der Waals surface area contributed by atoms with Gasteiger partial charge in [0.15, 0.2) is 0 Å². The standard InChI is InChI=1S/C17H25F2N/c1-13-11-14(16(19)12-15(13)18)5-8-17(9-10-20)6-3-2-4-7-17/h11-12H,2-10,20H2,1H3. The molecule has 2 rings (SSSR count). The molecule has 0 spiro atoms. The van der Waals surface area contributed by atoms with Crippen LogP contribution in [0.1, 0.15) is 56.1 Å². The number of rotatable bonds is 5. The molecule has 0 atom stereocenters. The van der Waals surface area contributed by atoms with E-state index in [1.54, 1.807) is 13.0 Å². The third kappa shape index (κ3) is 3.57. The number of aryl methyl sites for hydroxylation is 2. The maximum Gasteiger partial charge on any atom is 0.129 e. The van der Waals surface area contributed by atoms with E-state index in [9.17, 15) is 8.78 Å². The molecule has 0 aromatic heterocycles. The second-order valence-electron chi connectivity index (χ2n) is 6.29. The van der Waals surface area contributed by atoms with Crippen molar-refractivity contribution in [2.24, 2.45) is 11.1 Å². The van der Waals surface area contributed by atoms with Crippen LogP contribution >= 0.6 is 0 Å². The number of hydrogen-bond acceptors (Lipinski definition) is 1. The lowest BCUT2D eigenvalue weighted by Gasteiger charge is -2.37. The fraction of sp³-hybridized carbons (Fsp3) is 0.647. The molecule has 0 unspecified atom stereocenters. The van der Waals surface area contributed by atoms with Gasteiger partial charge in [0.05, 0.1) is 0 Å². The van der Waals surface area contributed by atoms with Crippen molar-refractivity contribution in [3.8, 4) is 0 Å². The van der Waals surface area contributed by atoms with Gasteiger partial charge in [-0.1, -0.05) is 25.3 Å². The van der Waals surface area contributed by atoms with Crippen LogP contribution < -0.4 is 5.73 Å². The Morgan fingerprint density at radius 1 is 1.05 bits per heavy atom. The zero-order chi connectivity index (χ0) is 14.6. The van der Waals surface area contributed by atoms with Gasteiger partial charge < -0.3 is 5.73 Å². The Bertz CT molecular complexity index is 445. The molecule has 0 amide bonds. The van der Waals surface area contributed by atoms with Crippen molar-refractivity contribution in [3.05, 3.63) is 34.9 Å². The number of hydrogen-bond donors (Lipinski definition) is 1. The predicted molar refractivity (Wildman–Crippen MR) is 78.6 cm³/mol. The number of benzene rings is 1. The molecule has 1 aliphatic carbocycles. The highest BCUT2D eigenvalue weighted by molar-refractivity contribution is 5.26. The van der Waals surface area contributed by atoms with Crippen molar-refractivity contribution in [2.45, 2.75) is 58.3 Å². The molecule has 0 bridgehead atoms. The van der Waals surface area contributed by atoms with E-state index in [0.717, 1.165) is 18.9 Å². The summed E-state index contributed by atoms with van der Waals surface area (Å²) in [6, 6.07) is 2.67. The van der Waals surface area contributed by atoms with E-state index in [2.05, 4.69) is 0 Å². The molecule has 1 saturated carbocycles. The second-order valence-corrected chi connectivity index (χ2v) is 6.29. The Balaban J connectivity index is 2.07. The van der Waals surface area contributed by atoms with Gasteiger partial charge in [0.1, 0.15) is 11.6 Å². The van der Waals surface area contributed by atoms with E-state index in [-0.39, 0.29) is 5.41 Å². The first kappa shape index (κ1) is 15.4. The zero-order valence-corrected chi connectivity index (χ0v) is 12.4. The summed E-state index contributed by atoms with van der Waals surface area (Å²) in [7, 11) is 0. The summed E-state index contributed by atoms with van der Waals surface area (Å²) in [5.41, 5.74) is 7.21. The summed E-state index contributed by atoms with van der Waals surface area (Å²) in [6.07, 6.45) is 8.89. The van der Waals surface area contributed by atoms with Crippen LogP contribution in [0, 0.1) is 24.0 Å². The molecule has 0 saturated heterocycles. The average Bonchev–Trinajstić information content (AvgIpc) is 2.43. The minimum atomic E-state index is -0.458. The van der Waals surface area contributed by atoms with E-state index in [4.69, 9.17) is 5.73 Å². The summed E-state index contributed by atoms with van der Waals surface area (Å²) in [6.45, 7) is 2.39. The van der Waals surface area contributed by atoms with Crippen molar-refractivity contribution < 1.29 is 8.78 Å². The van der Waals surface area contributed by atoms with E-state index in [0.29, 0.717) is 24.1 Å². The smallest absolute Gasteiger partial charge is 0.129 e. The lowest BCUT2D eigenvalue weighted by molar-refractivity contribution is 0.160. The third-order valence-corrected chi connectivity index (χ3v) is 4.84. The SMILES string of the molecule is Cc1cc(CCC2(CCN)CCCCC2)c(F)cc1F. The minimum Gasteiger partial charge on any atom is -0.330 e. The summed E-state index contributed by atoms with van der Waals surface area (Å²) < 4.78 is 27.1. The first-order valence-corrected chi connectivity index (χ1v) is 7.71. The van der Waals surface area contributed by atoms with Crippen molar-refractivity contribution in [1.82, 2.24) is 0 Å². The van der Waals surface area contributed by atoms with Gasteiger partial charge in [-0.15, -0.1) is 0 Å². The molecule has 1 fully saturated rings. The van der Waals surface area contributed by atoms with Crippen molar-refractivity contribution in [3.63, 3.8) is 0 Å². The maximum absolute atomic E-state index is 13.8. The van der Waals surface area contributed by atoms with Crippen LogP contribution in [0.5, 0.6) is 0 Å². The molecule has 1 aromatic carbocycles. The first-order chi connectivity index (χ1) is 9.56. The maximum atomic E-state index is 13.8. The highest BCUT2D eigenvalue weighted by Gasteiger charge is 2.31. The fourth-order valence-corrected chi connectivity index (χ4v) is 3.54. The molecule has 0 radical (unpaired) electrons. The van der Waals surface area contributed by atoms with E-state index in [1.807, 2.05) is 0 Å². The predicted octanol–water partition coefficient (Wildman–Crippen LogP) is 4.51. The Kier molecular flexibility index (Phi) is 5.14. The third-order valence-electron chi connectivity index (χ3n) is 4.84. The summed E-state index contributed by atoms with van der Waals surface area (Å²) in [5, 5.41) is 0. The van der Waals surface area contributed by atoms with Crippen LogP contribution in [0.4, 0.5) is 8.78 Å². The van der Waals surface area contributed by atoms with Crippen molar-refractivity contribution in [1.29, 1.82) is 0 Å². The Hall–Kier alpha value is -0.960. The molecule has 0 aliphatic heterocycles. The second kappa shape index (κ2) is 6.66. The molecular formula is C17H25F2N. The van der Waals surface area contributed by atoms with E-state index < -0.39 is 11.6 Å². The number of halogens is 2. The van der Waals surface area contributed by atoms with Gasteiger partial charge in [0.2, 0.25) is 0 Å². The zero-order valence-electron chi connectivity index (χ0n) is 12.4. The van der Waals surface area contributed by atoms with Crippen molar-refractivity contribution in [2.75, 3.05) is 6.54 Å². The van der Waals surface area contributed by atoms with E-state index in [1.165, 1.54) is 32.1 Å². The van der Waals surface area contributed by atoms with Crippen LogP contribution in [0.25, 0.3) is 0 Å². The lowest BCUT2D eigenvalue weighted by Crippen LogP contribution is -2.28. The van der Waals surface area contributed by atoms with Crippen LogP contribution in [-0.2, 0) is 6.42 Å². The summed E-state index contributed by atoms with van der Waals surface area (Å²) in [5.74, 6) is -0.868. The van der Waals surface area contributed by atoms with Crippen LogP contribution in [0.15, 0.2) is 12.1 Å². The quantitative estimate of drug-likeness (QED) is 0.844. The Morgan fingerprint density at radius 2 is 1.75 bits per heavy atom. The van der Waals surface area contributed by atoms with Gasteiger partial charge in [0.25, 0.3) is 0 Å². The topological polar surface area (TPSA) is 26.0 Å². The van der Waals surface area contributed by atoms with Crippen molar-refractivity contribution >= 4 is 0 Å². The summed E-state index contributed by atoms with van der Waals surface area (Å²) >= 11 is 0. The van der Waals surface area contributed by atoms with Gasteiger partial charge in [-0.05, 0) is 62.1 Å². The lowest BCUT2D eigenvalue weighted by atomic mass is 9.68. The van der Waals surface area contributed by atoms with Crippen LogP contribution in [-0.4, -0.2) is 6.54 Å². The molecule has 1 nitrogen and oxygen atoms in total. The monoisotopic (exact) mass is 281 g/mol. The molecule has 1 aromatic rings. The normalized spacial score (nSPS) is 18.2. The fourth-order valence-electron chi connectivity index (χ4n) is 3.54. The summed E-state index contributed by atoms with van der Waals surface area (Å²) in [4.78, 5) is 0. The van der Waals surface area contributed by atoms with Gasteiger partial charge in [0, 0.05) is 6.07 Å². The Labute approximate surface area is 120 Å². The first-order valence-electron chi connectivity index (χ1n) is 7.71. The van der Waals surface area contributed by atoms with Crippen LogP contribution in [0.2, 0.25) is 0 Å². The Morgan fingerprint density at radius 3 is 2.40 bits per heavy atom. The largest absolute Gasteiger partial charge is 0.330 e. The molecule has 1 aliphatic rings. The highest BCUT2D eigenvalue weighted by Crippen LogP contribution is 2.42. The molecule has 2 N–H and O–H groups in total. The van der Waals surface area contributed by atoms with E-state index >= 15 is 0 Å². The van der Waals surface area contributed by atoms with Gasteiger partial charge in [-0.3, -0.25) is 0 Å². The number of nitrogens with two attached hydrogens (primary N) is 1. The molecular weight excluding hydrogens is 256 g/mol. The van der Waals surface area contributed by atoms with Gasteiger partial charge >= 0.3 is 0 Å². The molecule has 0 heterocycles. The molecule has 20 heavy (non-hydrogen) atoms. The average molecular weight is 281 g/mol. The van der Waals surface area contributed by atoms with Gasteiger partial charge in [-0.2, -0.15) is 0 Å².